The Bertz CT molecular complexity index is 1320. The molecule has 16 nitrogen and oxygen atoms in total. The molecule has 2 aliphatic heterocycles. The van der Waals surface area contributed by atoms with E-state index in [1.807, 2.05) is 0 Å². The summed E-state index contributed by atoms with van der Waals surface area (Å²) < 4.78 is 28.9. The number of nitrogens with zero attached hydrogens (tertiary/aromatic N) is 5. The second-order valence-electron chi connectivity index (χ2n) is 9.30. The summed E-state index contributed by atoms with van der Waals surface area (Å²) in [4.78, 5) is 64.6. The van der Waals surface area contributed by atoms with Crippen molar-refractivity contribution >= 4 is 35.4 Å². The second kappa shape index (κ2) is 11.9. The van der Waals surface area contributed by atoms with Crippen LogP contribution in [-0.4, -0.2) is 111 Å². The molecule has 4 heterocycles. The summed E-state index contributed by atoms with van der Waals surface area (Å²) in [5, 5.41) is 14.9. The molecule has 2 amide bonds. The molecule has 0 aliphatic carbocycles. The Morgan fingerprint density at radius 2 is 1.50 bits per heavy atom. The largest absolute Gasteiger partial charge is 0.455 e. The van der Waals surface area contributed by atoms with Crippen LogP contribution < -0.4 is 5.32 Å². The topological polar surface area (TPSA) is 190 Å². The van der Waals surface area contributed by atoms with E-state index < -0.39 is 60.4 Å². The van der Waals surface area contributed by atoms with Gasteiger partial charge >= 0.3 is 17.9 Å². The van der Waals surface area contributed by atoms with E-state index in [9.17, 15) is 24.0 Å². The summed E-state index contributed by atoms with van der Waals surface area (Å²) in [6.45, 7) is 7.66. The standard InChI is InChI=1S/C24H30N6O10/c1-11-10-16-26-27-17(12(2)30(16)28-11)22(34)25-23-20(39-15(5)33)18(37-13(3)31)19(38-14(4)32)21(40-23)24(35)29-6-8-36-9-7-29/h10,18-21,23H,6-9H2,1-5H3,(H,25,34). The van der Waals surface area contributed by atoms with Crippen LogP contribution in [0.3, 0.4) is 0 Å². The van der Waals surface area contributed by atoms with E-state index in [1.165, 1.54) is 9.42 Å². The number of hydrogen-bond donors (Lipinski definition) is 1. The fourth-order valence-electron chi connectivity index (χ4n) is 4.57. The smallest absolute Gasteiger partial charge is 0.303 e. The number of morpholine rings is 1. The van der Waals surface area contributed by atoms with Gasteiger partial charge in [-0.25, -0.2) is 4.52 Å². The third kappa shape index (κ3) is 6.17. The lowest BCUT2D eigenvalue weighted by Gasteiger charge is -2.45. The van der Waals surface area contributed by atoms with Gasteiger partial charge in [-0.2, -0.15) is 5.10 Å². The molecule has 5 atom stereocenters. The fraction of sp³-hybridized carbons (Fsp3) is 0.583. The van der Waals surface area contributed by atoms with Crippen molar-refractivity contribution in [2.45, 2.75) is 65.3 Å². The average molecular weight is 563 g/mol. The third-order valence-electron chi connectivity index (χ3n) is 6.22. The average Bonchev–Trinajstić information content (AvgIpc) is 3.28. The Hall–Kier alpha value is -4.18. The van der Waals surface area contributed by atoms with Gasteiger partial charge in [0.15, 0.2) is 42.0 Å². The number of fused-ring (bicyclic) bond motifs is 1. The van der Waals surface area contributed by atoms with Gasteiger partial charge in [0.05, 0.1) is 24.6 Å². The molecule has 1 N–H and O–H groups in total. The van der Waals surface area contributed by atoms with E-state index in [2.05, 4.69) is 20.6 Å². The first-order valence-corrected chi connectivity index (χ1v) is 12.5. The molecule has 5 unspecified atom stereocenters. The number of aromatic nitrogens is 4. The summed E-state index contributed by atoms with van der Waals surface area (Å²) >= 11 is 0. The number of amides is 2. The Kier molecular flexibility index (Phi) is 8.58. The predicted octanol–water partition coefficient (Wildman–Crippen LogP) is -1.15. The molecule has 0 aromatic carbocycles. The van der Waals surface area contributed by atoms with Crippen LogP contribution in [0.5, 0.6) is 0 Å². The van der Waals surface area contributed by atoms with Crippen LogP contribution in [0, 0.1) is 13.8 Å². The van der Waals surface area contributed by atoms with Gasteiger partial charge in [-0.05, 0) is 13.8 Å². The van der Waals surface area contributed by atoms with Gasteiger partial charge in [-0.15, -0.1) is 10.2 Å². The number of aryl methyl sites for hydroxylation is 2. The van der Waals surface area contributed by atoms with E-state index in [-0.39, 0.29) is 32.0 Å². The van der Waals surface area contributed by atoms with Gasteiger partial charge in [0.1, 0.15) is 0 Å². The number of nitrogens with one attached hydrogen (secondary N) is 1. The number of ether oxygens (including phenoxy) is 5. The molecule has 216 valence electrons. The zero-order valence-corrected chi connectivity index (χ0v) is 22.6. The number of esters is 3. The molecule has 0 saturated carbocycles. The van der Waals surface area contributed by atoms with Crippen molar-refractivity contribution in [3.8, 4) is 0 Å². The maximum atomic E-state index is 13.6. The molecule has 0 bridgehead atoms. The molecule has 16 heteroatoms. The highest BCUT2D eigenvalue weighted by molar-refractivity contribution is 5.93. The molecule has 2 aliphatic rings. The van der Waals surface area contributed by atoms with E-state index in [0.29, 0.717) is 17.0 Å². The van der Waals surface area contributed by atoms with Gasteiger partial charge in [0.2, 0.25) is 0 Å². The van der Waals surface area contributed by atoms with E-state index in [4.69, 9.17) is 23.7 Å². The Morgan fingerprint density at radius 1 is 0.900 bits per heavy atom. The van der Waals surface area contributed by atoms with Crippen LogP contribution in [0.15, 0.2) is 6.07 Å². The van der Waals surface area contributed by atoms with Crippen LogP contribution in [0.2, 0.25) is 0 Å². The van der Waals surface area contributed by atoms with Crippen molar-refractivity contribution in [2.24, 2.45) is 0 Å². The molecular weight excluding hydrogens is 532 g/mol. The third-order valence-corrected chi connectivity index (χ3v) is 6.22. The van der Waals surface area contributed by atoms with Crippen molar-refractivity contribution in [3.63, 3.8) is 0 Å². The Morgan fingerprint density at radius 3 is 2.12 bits per heavy atom. The van der Waals surface area contributed by atoms with Crippen molar-refractivity contribution in [1.29, 1.82) is 0 Å². The van der Waals surface area contributed by atoms with Crippen LogP contribution in [0.4, 0.5) is 0 Å². The first-order chi connectivity index (χ1) is 19.0. The lowest BCUT2D eigenvalue weighted by molar-refractivity contribution is -0.249. The molecule has 2 aromatic rings. The van der Waals surface area contributed by atoms with Crippen LogP contribution in [-0.2, 0) is 42.9 Å². The predicted molar refractivity (Wildman–Crippen MR) is 130 cm³/mol. The maximum absolute atomic E-state index is 13.6. The highest BCUT2D eigenvalue weighted by Gasteiger charge is 2.55. The minimum absolute atomic E-state index is 0.122. The molecule has 2 aromatic heterocycles. The number of carbonyl (C=O) groups excluding carboxylic acids is 5. The van der Waals surface area contributed by atoms with Gasteiger partial charge < -0.3 is 33.9 Å². The minimum Gasteiger partial charge on any atom is -0.455 e. The highest BCUT2D eigenvalue weighted by Crippen LogP contribution is 2.29. The van der Waals surface area contributed by atoms with Crippen LogP contribution in [0.25, 0.3) is 5.65 Å². The van der Waals surface area contributed by atoms with E-state index in [0.717, 1.165) is 20.8 Å². The van der Waals surface area contributed by atoms with Crippen molar-refractivity contribution in [1.82, 2.24) is 30.0 Å². The molecule has 2 saturated heterocycles. The van der Waals surface area contributed by atoms with Gasteiger partial charge in [-0.3, -0.25) is 24.0 Å². The summed E-state index contributed by atoms with van der Waals surface area (Å²) in [5.74, 6) is -3.83. The lowest BCUT2D eigenvalue weighted by atomic mass is 9.95. The number of hydrogen-bond acceptors (Lipinski definition) is 13. The quantitative estimate of drug-likeness (QED) is 0.328. The lowest BCUT2D eigenvalue weighted by Crippen LogP contribution is -2.68. The van der Waals surface area contributed by atoms with Crippen molar-refractivity contribution in [3.05, 3.63) is 23.1 Å². The number of rotatable bonds is 6. The molecule has 0 radical (unpaired) electrons. The minimum atomic E-state index is -1.54. The van der Waals surface area contributed by atoms with E-state index >= 15 is 0 Å². The van der Waals surface area contributed by atoms with Gasteiger partial charge in [-0.1, -0.05) is 0 Å². The van der Waals surface area contributed by atoms with Crippen molar-refractivity contribution < 1.29 is 47.7 Å². The summed E-state index contributed by atoms with van der Waals surface area (Å²) in [6.07, 6.45) is -7.58. The molecule has 4 rings (SSSR count). The maximum Gasteiger partial charge on any atom is 0.303 e. The summed E-state index contributed by atoms with van der Waals surface area (Å²) in [7, 11) is 0. The first kappa shape index (κ1) is 28.8. The molecule has 2 fully saturated rings. The van der Waals surface area contributed by atoms with Crippen LogP contribution >= 0.6 is 0 Å². The van der Waals surface area contributed by atoms with Crippen molar-refractivity contribution in [2.75, 3.05) is 26.3 Å². The van der Waals surface area contributed by atoms with Gasteiger partial charge in [0.25, 0.3) is 11.8 Å². The first-order valence-electron chi connectivity index (χ1n) is 12.5. The zero-order chi connectivity index (χ0) is 29.1. The second-order valence-corrected chi connectivity index (χ2v) is 9.30. The Labute approximate surface area is 228 Å². The summed E-state index contributed by atoms with van der Waals surface area (Å²) in [6, 6.07) is 1.68. The molecular formula is C24H30N6O10. The fourth-order valence-corrected chi connectivity index (χ4v) is 4.57. The zero-order valence-electron chi connectivity index (χ0n) is 22.6. The molecule has 0 spiro atoms. The van der Waals surface area contributed by atoms with Gasteiger partial charge in [0, 0.05) is 39.9 Å². The Balaban J connectivity index is 1.72. The number of carbonyl (C=O) groups is 5. The highest BCUT2D eigenvalue weighted by atomic mass is 16.7. The monoisotopic (exact) mass is 562 g/mol. The summed E-state index contributed by atoms with van der Waals surface area (Å²) in [5.41, 5.74) is 1.31. The van der Waals surface area contributed by atoms with E-state index in [1.54, 1.807) is 19.9 Å². The SMILES string of the molecule is CC(=O)OC1C(NC(=O)c2nnc3cc(C)nn3c2C)OC(C(=O)N2CCOCC2)C(OC(C)=O)C1OC(C)=O. The molecule has 40 heavy (non-hydrogen) atoms. The van der Waals surface area contributed by atoms with Crippen LogP contribution in [0.1, 0.15) is 42.6 Å². The normalized spacial score (nSPS) is 24.7.